The number of rotatable bonds is 7. The van der Waals surface area contributed by atoms with Gasteiger partial charge in [0.2, 0.25) is 0 Å². The zero-order valence-corrected chi connectivity index (χ0v) is 16.5. The largest absolute Gasteiger partial charge is 0.492 e. The van der Waals surface area contributed by atoms with Gasteiger partial charge in [-0.3, -0.25) is 9.59 Å². The second kappa shape index (κ2) is 9.55. The zero-order valence-electron chi connectivity index (χ0n) is 16.5. The summed E-state index contributed by atoms with van der Waals surface area (Å²) in [4.78, 5) is 25.2. The molecule has 0 fully saturated rings. The molecule has 0 saturated carbocycles. The van der Waals surface area contributed by atoms with E-state index in [4.69, 9.17) is 4.74 Å². The Labute approximate surface area is 170 Å². The highest BCUT2D eigenvalue weighted by Crippen LogP contribution is 2.21. The van der Waals surface area contributed by atoms with Crippen molar-refractivity contribution in [2.75, 3.05) is 17.2 Å². The lowest BCUT2D eigenvalue weighted by Crippen LogP contribution is -2.16. The molecule has 0 heterocycles. The van der Waals surface area contributed by atoms with Crippen LogP contribution >= 0.6 is 0 Å². The van der Waals surface area contributed by atoms with E-state index in [1.54, 1.807) is 42.5 Å². The number of hydrogen-bond acceptors (Lipinski definition) is 3. The van der Waals surface area contributed by atoms with Crippen LogP contribution in [0.25, 0.3) is 0 Å². The molecule has 0 spiro atoms. The molecule has 148 valence electrons. The predicted octanol–water partition coefficient (Wildman–Crippen LogP) is 5.23. The summed E-state index contributed by atoms with van der Waals surface area (Å²) in [5, 5.41) is 5.68. The molecule has 0 atom stereocenters. The predicted molar refractivity (Wildman–Crippen MR) is 116 cm³/mol. The van der Waals surface area contributed by atoms with E-state index in [-0.39, 0.29) is 11.8 Å². The van der Waals surface area contributed by atoms with Crippen molar-refractivity contribution in [2.24, 2.45) is 5.92 Å². The number of hydrogen-bond donors (Lipinski definition) is 2. The molecule has 2 N–H and O–H groups in total. The molecule has 5 nitrogen and oxygen atoms in total. The summed E-state index contributed by atoms with van der Waals surface area (Å²) < 4.78 is 5.76. The second-order valence-electron chi connectivity index (χ2n) is 7.06. The van der Waals surface area contributed by atoms with Crippen LogP contribution in [0, 0.1) is 5.92 Å². The molecule has 3 aromatic carbocycles. The SMILES string of the molecule is CC(C)COc1ccccc1C(=O)Nc1cccc(C(=O)Nc2ccccc2)c1. The van der Waals surface area contributed by atoms with Crippen molar-refractivity contribution in [1.82, 2.24) is 0 Å². The Morgan fingerprint density at radius 2 is 1.45 bits per heavy atom. The molecule has 5 heteroatoms. The minimum atomic E-state index is -0.287. The van der Waals surface area contributed by atoms with Crippen LogP contribution in [0.5, 0.6) is 5.75 Å². The normalized spacial score (nSPS) is 10.4. The lowest BCUT2D eigenvalue weighted by atomic mass is 10.1. The summed E-state index contributed by atoms with van der Waals surface area (Å²) in [7, 11) is 0. The first-order chi connectivity index (χ1) is 14.0. The lowest BCUT2D eigenvalue weighted by molar-refractivity contribution is 0.101. The van der Waals surface area contributed by atoms with Gasteiger partial charge in [0.25, 0.3) is 11.8 Å². The molecule has 0 aliphatic carbocycles. The number of anilines is 2. The monoisotopic (exact) mass is 388 g/mol. The van der Waals surface area contributed by atoms with E-state index in [2.05, 4.69) is 24.5 Å². The van der Waals surface area contributed by atoms with Crippen LogP contribution in [-0.4, -0.2) is 18.4 Å². The average Bonchev–Trinajstić information content (AvgIpc) is 2.73. The van der Waals surface area contributed by atoms with Crippen LogP contribution in [0.1, 0.15) is 34.6 Å². The van der Waals surface area contributed by atoms with Gasteiger partial charge in [0, 0.05) is 16.9 Å². The molecule has 3 aromatic rings. The van der Waals surface area contributed by atoms with Gasteiger partial charge in [-0.15, -0.1) is 0 Å². The molecule has 0 radical (unpaired) electrons. The van der Waals surface area contributed by atoms with Crippen molar-refractivity contribution in [1.29, 1.82) is 0 Å². The smallest absolute Gasteiger partial charge is 0.259 e. The lowest BCUT2D eigenvalue weighted by Gasteiger charge is -2.13. The molecule has 0 bridgehead atoms. The van der Waals surface area contributed by atoms with E-state index in [9.17, 15) is 9.59 Å². The van der Waals surface area contributed by atoms with Gasteiger partial charge in [0.05, 0.1) is 12.2 Å². The topological polar surface area (TPSA) is 67.4 Å². The Bertz CT molecular complexity index is 984. The molecular weight excluding hydrogens is 364 g/mol. The first-order valence-electron chi connectivity index (χ1n) is 9.52. The summed E-state index contributed by atoms with van der Waals surface area (Å²) in [6, 6.07) is 23.2. The molecule has 3 rings (SSSR count). The van der Waals surface area contributed by atoms with E-state index in [1.165, 1.54) is 0 Å². The summed E-state index contributed by atoms with van der Waals surface area (Å²) in [6.07, 6.45) is 0. The Hall–Kier alpha value is -3.60. The van der Waals surface area contributed by atoms with Crippen LogP contribution in [0.2, 0.25) is 0 Å². The van der Waals surface area contributed by atoms with Gasteiger partial charge in [0.1, 0.15) is 5.75 Å². The first kappa shape index (κ1) is 20.1. The Balaban J connectivity index is 1.72. The number of nitrogens with one attached hydrogen (secondary N) is 2. The summed E-state index contributed by atoms with van der Waals surface area (Å²) in [5.74, 6) is 0.362. The maximum atomic E-state index is 12.8. The Morgan fingerprint density at radius 3 is 2.21 bits per heavy atom. The fourth-order valence-electron chi connectivity index (χ4n) is 2.70. The van der Waals surface area contributed by atoms with Crippen LogP contribution in [-0.2, 0) is 0 Å². The van der Waals surface area contributed by atoms with Crippen molar-refractivity contribution >= 4 is 23.2 Å². The minimum Gasteiger partial charge on any atom is -0.492 e. The first-order valence-corrected chi connectivity index (χ1v) is 9.52. The Kier molecular flexibility index (Phi) is 6.63. The van der Waals surface area contributed by atoms with Crippen molar-refractivity contribution in [2.45, 2.75) is 13.8 Å². The van der Waals surface area contributed by atoms with Gasteiger partial charge in [0.15, 0.2) is 0 Å². The number of ether oxygens (including phenoxy) is 1. The molecule has 0 aromatic heterocycles. The quantitative estimate of drug-likeness (QED) is 0.583. The molecule has 29 heavy (non-hydrogen) atoms. The highest BCUT2D eigenvalue weighted by molar-refractivity contribution is 6.08. The molecule has 0 aliphatic heterocycles. The Morgan fingerprint density at radius 1 is 0.793 bits per heavy atom. The molecule has 0 unspecified atom stereocenters. The summed E-state index contributed by atoms with van der Waals surface area (Å²) in [5.41, 5.74) is 2.15. The molecule has 2 amide bonds. The van der Waals surface area contributed by atoms with Crippen molar-refractivity contribution < 1.29 is 14.3 Å². The average molecular weight is 388 g/mol. The molecule has 0 saturated heterocycles. The standard InChI is InChI=1S/C24H24N2O3/c1-17(2)16-29-22-14-7-6-13-21(22)24(28)26-20-12-8-9-18(15-20)23(27)25-19-10-4-3-5-11-19/h3-15,17H,16H2,1-2H3,(H,25,27)(H,26,28). The number of amides is 2. The maximum absolute atomic E-state index is 12.8. The van der Waals surface area contributed by atoms with Gasteiger partial charge < -0.3 is 15.4 Å². The molecular formula is C24H24N2O3. The second-order valence-corrected chi connectivity index (χ2v) is 7.06. The minimum absolute atomic E-state index is 0.243. The number of para-hydroxylation sites is 2. The van der Waals surface area contributed by atoms with Crippen LogP contribution in [0.4, 0.5) is 11.4 Å². The van der Waals surface area contributed by atoms with Crippen LogP contribution in [0.3, 0.4) is 0 Å². The number of carbonyl (C=O) groups excluding carboxylic acids is 2. The number of carbonyl (C=O) groups is 2. The third kappa shape index (κ3) is 5.69. The number of benzene rings is 3. The van der Waals surface area contributed by atoms with E-state index in [0.717, 1.165) is 0 Å². The van der Waals surface area contributed by atoms with E-state index < -0.39 is 0 Å². The van der Waals surface area contributed by atoms with Crippen molar-refractivity contribution in [3.05, 3.63) is 90.0 Å². The van der Waals surface area contributed by atoms with Gasteiger partial charge in [-0.1, -0.05) is 50.2 Å². The van der Waals surface area contributed by atoms with E-state index in [1.807, 2.05) is 36.4 Å². The van der Waals surface area contributed by atoms with Crippen molar-refractivity contribution in [3.63, 3.8) is 0 Å². The van der Waals surface area contributed by atoms with Gasteiger partial charge in [-0.2, -0.15) is 0 Å². The maximum Gasteiger partial charge on any atom is 0.259 e. The van der Waals surface area contributed by atoms with Crippen molar-refractivity contribution in [3.8, 4) is 5.75 Å². The van der Waals surface area contributed by atoms with Gasteiger partial charge in [-0.05, 0) is 48.4 Å². The highest BCUT2D eigenvalue weighted by Gasteiger charge is 2.14. The van der Waals surface area contributed by atoms with Gasteiger partial charge >= 0.3 is 0 Å². The zero-order chi connectivity index (χ0) is 20.6. The fourth-order valence-corrected chi connectivity index (χ4v) is 2.70. The third-order valence-electron chi connectivity index (χ3n) is 4.12. The highest BCUT2D eigenvalue weighted by atomic mass is 16.5. The van der Waals surface area contributed by atoms with Gasteiger partial charge in [-0.25, -0.2) is 0 Å². The van der Waals surface area contributed by atoms with E-state index in [0.29, 0.717) is 40.8 Å². The van der Waals surface area contributed by atoms with E-state index >= 15 is 0 Å². The summed E-state index contributed by atoms with van der Waals surface area (Å²) >= 11 is 0. The molecule has 0 aliphatic rings. The van der Waals surface area contributed by atoms with Crippen LogP contribution < -0.4 is 15.4 Å². The fraction of sp³-hybridized carbons (Fsp3) is 0.167. The summed E-state index contributed by atoms with van der Waals surface area (Å²) in [6.45, 7) is 4.63. The third-order valence-corrected chi connectivity index (χ3v) is 4.12. The van der Waals surface area contributed by atoms with Crippen LogP contribution in [0.15, 0.2) is 78.9 Å².